The van der Waals surface area contributed by atoms with Gasteiger partial charge in [0.25, 0.3) is 5.91 Å². The third kappa shape index (κ3) is 3.89. The van der Waals surface area contributed by atoms with Crippen molar-refractivity contribution in [2.24, 2.45) is 0 Å². The molecule has 7 heteroatoms. The van der Waals surface area contributed by atoms with E-state index in [-0.39, 0.29) is 19.1 Å². The lowest BCUT2D eigenvalue weighted by molar-refractivity contribution is -0.143. The Labute approximate surface area is 167 Å². The molecule has 2 heterocycles. The van der Waals surface area contributed by atoms with Gasteiger partial charge in [0.05, 0.1) is 10.6 Å². The first-order valence-corrected chi connectivity index (χ1v) is 10.1. The number of rotatable bonds is 6. The summed E-state index contributed by atoms with van der Waals surface area (Å²) in [6.07, 6.45) is 2.27. The lowest BCUT2D eigenvalue weighted by atomic mass is 10.1. The van der Waals surface area contributed by atoms with Gasteiger partial charge in [-0.3, -0.25) is 9.59 Å². The molecule has 1 aliphatic carbocycles. The van der Waals surface area contributed by atoms with Gasteiger partial charge in [-0.05, 0) is 37.8 Å². The van der Waals surface area contributed by atoms with Gasteiger partial charge in [-0.2, -0.15) is 0 Å². The van der Waals surface area contributed by atoms with Crippen LogP contribution in [0.5, 0.6) is 0 Å². The second-order valence-corrected chi connectivity index (χ2v) is 8.01. The Hall–Kier alpha value is -2.80. The zero-order valence-electron chi connectivity index (χ0n) is 15.8. The van der Waals surface area contributed by atoms with Crippen molar-refractivity contribution in [3.8, 4) is 0 Å². The van der Waals surface area contributed by atoms with Gasteiger partial charge in [-0.15, -0.1) is 11.3 Å². The van der Waals surface area contributed by atoms with Crippen molar-refractivity contribution in [3.05, 3.63) is 57.9 Å². The Bertz CT molecular complexity index is 1040. The van der Waals surface area contributed by atoms with Crippen LogP contribution in [0.1, 0.15) is 51.1 Å². The first kappa shape index (κ1) is 18.6. The van der Waals surface area contributed by atoms with Crippen molar-refractivity contribution >= 4 is 33.4 Å². The van der Waals surface area contributed by atoms with Gasteiger partial charge < -0.3 is 10.1 Å². The smallest absolute Gasteiger partial charge is 0.325 e. The third-order valence-corrected chi connectivity index (χ3v) is 5.96. The molecule has 4 rings (SSSR count). The van der Waals surface area contributed by atoms with E-state index in [1.165, 1.54) is 11.3 Å². The largest absolute Gasteiger partial charge is 0.460 e. The average Bonchev–Trinajstić information content (AvgIpc) is 3.49. The second-order valence-electron chi connectivity index (χ2n) is 7.01. The van der Waals surface area contributed by atoms with Crippen LogP contribution in [0.2, 0.25) is 0 Å². The Balaban J connectivity index is 1.41. The molecule has 6 nitrogen and oxygen atoms in total. The number of hydrogen-bond donors (Lipinski definition) is 1. The Morgan fingerprint density at radius 2 is 1.93 bits per heavy atom. The highest BCUT2D eigenvalue weighted by molar-refractivity contribution is 7.20. The lowest BCUT2D eigenvalue weighted by Gasteiger charge is -2.06. The fourth-order valence-corrected chi connectivity index (χ4v) is 4.28. The highest BCUT2D eigenvalue weighted by atomic mass is 32.1. The minimum absolute atomic E-state index is 0.169. The predicted molar refractivity (Wildman–Crippen MR) is 107 cm³/mol. The van der Waals surface area contributed by atoms with Crippen LogP contribution in [0.3, 0.4) is 0 Å². The molecule has 0 saturated heterocycles. The molecule has 3 aromatic rings. The number of thiophene rings is 1. The standard InChI is InChI=1S/C21H21N3O3S/c1-12-17-13(2)23-19(15-8-9-15)24-21(17)28-18(12)20(26)22-10-16(25)27-11-14-6-4-3-5-7-14/h3-7,15H,8-11H2,1-2H3,(H,22,26). The maximum atomic E-state index is 12.6. The molecule has 1 aromatic carbocycles. The molecule has 144 valence electrons. The van der Waals surface area contributed by atoms with E-state index in [0.29, 0.717) is 10.8 Å². The second kappa shape index (κ2) is 7.67. The first-order chi connectivity index (χ1) is 13.5. The monoisotopic (exact) mass is 395 g/mol. The highest BCUT2D eigenvalue weighted by Crippen LogP contribution is 2.40. The summed E-state index contributed by atoms with van der Waals surface area (Å²) in [7, 11) is 0. The van der Waals surface area contributed by atoms with Gasteiger partial charge in [-0.25, -0.2) is 9.97 Å². The number of carbonyl (C=O) groups is 2. The van der Waals surface area contributed by atoms with Crippen LogP contribution in [0, 0.1) is 13.8 Å². The van der Waals surface area contributed by atoms with Crippen molar-refractivity contribution < 1.29 is 14.3 Å². The van der Waals surface area contributed by atoms with E-state index in [2.05, 4.69) is 15.3 Å². The van der Waals surface area contributed by atoms with Gasteiger partial charge in [0.15, 0.2) is 0 Å². The number of amides is 1. The molecular weight excluding hydrogens is 374 g/mol. The molecule has 1 aliphatic rings. The number of hydrogen-bond acceptors (Lipinski definition) is 6. The maximum Gasteiger partial charge on any atom is 0.325 e. The van der Waals surface area contributed by atoms with E-state index in [0.717, 1.165) is 45.7 Å². The van der Waals surface area contributed by atoms with E-state index in [4.69, 9.17) is 4.74 Å². The molecule has 1 saturated carbocycles. The predicted octanol–water partition coefficient (Wildman–Crippen LogP) is 3.66. The van der Waals surface area contributed by atoms with Crippen molar-refractivity contribution in [1.29, 1.82) is 0 Å². The fourth-order valence-electron chi connectivity index (χ4n) is 3.12. The van der Waals surface area contributed by atoms with Gasteiger partial charge in [0.1, 0.15) is 23.8 Å². The van der Waals surface area contributed by atoms with E-state index >= 15 is 0 Å². The number of aryl methyl sites for hydroxylation is 2. The molecule has 1 fully saturated rings. The highest BCUT2D eigenvalue weighted by Gasteiger charge is 2.28. The van der Waals surface area contributed by atoms with Crippen molar-refractivity contribution in [3.63, 3.8) is 0 Å². The van der Waals surface area contributed by atoms with Crippen LogP contribution in [0.15, 0.2) is 30.3 Å². The van der Waals surface area contributed by atoms with E-state index < -0.39 is 5.97 Å². The van der Waals surface area contributed by atoms with Crippen LogP contribution in [-0.2, 0) is 16.1 Å². The van der Waals surface area contributed by atoms with Gasteiger partial charge in [0, 0.05) is 11.3 Å². The SMILES string of the molecule is Cc1nc(C2CC2)nc2sc(C(=O)NCC(=O)OCc3ccccc3)c(C)c12. The van der Waals surface area contributed by atoms with Gasteiger partial charge in [0.2, 0.25) is 0 Å². The quantitative estimate of drug-likeness (QED) is 0.644. The molecule has 0 radical (unpaired) electrons. The molecule has 1 N–H and O–H groups in total. The Morgan fingerprint density at radius 3 is 2.64 bits per heavy atom. The molecule has 28 heavy (non-hydrogen) atoms. The average molecular weight is 395 g/mol. The lowest BCUT2D eigenvalue weighted by Crippen LogP contribution is -2.30. The summed E-state index contributed by atoms with van der Waals surface area (Å²) in [6.45, 7) is 3.88. The number of ether oxygens (including phenoxy) is 1. The molecule has 2 aromatic heterocycles. The van der Waals surface area contributed by atoms with Crippen molar-refractivity contribution in [2.75, 3.05) is 6.54 Å². The molecule has 0 aliphatic heterocycles. The number of nitrogens with one attached hydrogen (secondary N) is 1. The Kier molecular flexibility index (Phi) is 5.09. The third-order valence-electron chi connectivity index (χ3n) is 4.77. The minimum atomic E-state index is -0.469. The number of nitrogens with zero attached hydrogens (tertiary/aromatic N) is 2. The number of carbonyl (C=O) groups excluding carboxylic acids is 2. The maximum absolute atomic E-state index is 12.6. The van der Waals surface area contributed by atoms with Crippen LogP contribution in [0.4, 0.5) is 0 Å². The van der Waals surface area contributed by atoms with Crippen molar-refractivity contribution in [2.45, 2.75) is 39.2 Å². The molecule has 0 unspecified atom stereocenters. The normalized spacial score (nSPS) is 13.5. The number of fused-ring (bicyclic) bond motifs is 1. The molecule has 0 bridgehead atoms. The first-order valence-electron chi connectivity index (χ1n) is 9.28. The van der Waals surface area contributed by atoms with Crippen LogP contribution in [-0.4, -0.2) is 28.4 Å². The molecular formula is C21H21N3O3S. The molecule has 0 spiro atoms. The van der Waals surface area contributed by atoms with Crippen molar-refractivity contribution in [1.82, 2.24) is 15.3 Å². The summed E-state index contributed by atoms with van der Waals surface area (Å²) >= 11 is 1.35. The van der Waals surface area contributed by atoms with E-state index in [9.17, 15) is 9.59 Å². The van der Waals surface area contributed by atoms with Gasteiger partial charge in [-0.1, -0.05) is 30.3 Å². The van der Waals surface area contributed by atoms with Crippen LogP contribution < -0.4 is 5.32 Å². The number of esters is 1. The summed E-state index contributed by atoms with van der Waals surface area (Å²) in [5.41, 5.74) is 2.67. The summed E-state index contributed by atoms with van der Waals surface area (Å²) in [6, 6.07) is 9.43. The summed E-state index contributed by atoms with van der Waals surface area (Å²) in [5, 5.41) is 3.59. The molecule has 0 atom stereocenters. The van der Waals surface area contributed by atoms with Gasteiger partial charge >= 0.3 is 5.97 Å². The fraction of sp³-hybridized carbons (Fsp3) is 0.333. The van der Waals surface area contributed by atoms with E-state index in [1.54, 1.807) is 0 Å². The Morgan fingerprint density at radius 1 is 1.18 bits per heavy atom. The van der Waals surface area contributed by atoms with Crippen LogP contribution in [0.25, 0.3) is 10.2 Å². The zero-order chi connectivity index (χ0) is 19.7. The number of benzene rings is 1. The number of aromatic nitrogens is 2. The summed E-state index contributed by atoms with van der Waals surface area (Å²) in [4.78, 5) is 35.2. The minimum Gasteiger partial charge on any atom is -0.460 e. The summed E-state index contributed by atoms with van der Waals surface area (Å²) in [5.74, 6) is 0.581. The molecule has 1 amide bonds. The summed E-state index contributed by atoms with van der Waals surface area (Å²) < 4.78 is 5.20. The zero-order valence-corrected chi connectivity index (χ0v) is 16.6. The topological polar surface area (TPSA) is 81.2 Å². The van der Waals surface area contributed by atoms with E-state index in [1.807, 2.05) is 44.2 Å². The van der Waals surface area contributed by atoms with Crippen LogP contribution >= 0.6 is 11.3 Å².